The monoisotopic (exact) mass is 460 g/mol. The number of benzene rings is 1. The molecule has 4 rings (SSSR count). The third-order valence-corrected chi connectivity index (χ3v) is 8.20. The van der Waals surface area contributed by atoms with Gasteiger partial charge < -0.3 is 4.57 Å². The van der Waals surface area contributed by atoms with Gasteiger partial charge in [-0.2, -0.15) is 17.5 Å². The molecule has 2 aliphatic heterocycles. The second-order valence-corrected chi connectivity index (χ2v) is 10.7. The van der Waals surface area contributed by atoms with Crippen LogP contribution in [0.5, 0.6) is 0 Å². The van der Waals surface area contributed by atoms with Crippen molar-refractivity contribution in [3.05, 3.63) is 35.9 Å². The summed E-state index contributed by atoms with van der Waals surface area (Å²) >= 11 is -0.257. The average Bonchev–Trinajstić information content (AvgIpc) is 2.95. The quantitative estimate of drug-likeness (QED) is 0.640. The van der Waals surface area contributed by atoms with Crippen LogP contribution in [0.1, 0.15) is 49.7 Å². The van der Waals surface area contributed by atoms with E-state index in [0.717, 1.165) is 50.3 Å². The molecule has 2 aliphatic rings. The second kappa shape index (κ2) is 8.51. The molecule has 1 atom stereocenters. The zero-order valence-electron chi connectivity index (χ0n) is 16.3. The summed E-state index contributed by atoms with van der Waals surface area (Å²) in [6, 6.07) is 4.89. The molecule has 0 spiro atoms. The Hall–Kier alpha value is -1.59. The number of hydrogen-bond acceptors (Lipinski definition) is 5. The molecular formula is C19H23F3N4O2S2. The molecule has 0 unspecified atom stereocenters. The van der Waals surface area contributed by atoms with Crippen LogP contribution in [-0.4, -0.2) is 46.1 Å². The van der Waals surface area contributed by atoms with Gasteiger partial charge >= 0.3 is 5.51 Å². The van der Waals surface area contributed by atoms with E-state index in [1.54, 1.807) is 0 Å². The molecule has 0 bridgehead atoms. The molecular weight excluding hydrogens is 437 g/mol. The third-order valence-electron chi connectivity index (χ3n) is 5.58. The number of piperidine rings is 1. The van der Waals surface area contributed by atoms with E-state index in [2.05, 4.69) is 14.8 Å². The van der Waals surface area contributed by atoms with Crippen molar-refractivity contribution in [1.29, 1.82) is 0 Å². The van der Waals surface area contributed by atoms with Crippen LogP contribution >= 0.6 is 11.8 Å². The Bertz CT molecular complexity index is 990. The van der Waals surface area contributed by atoms with Crippen molar-refractivity contribution in [3.8, 4) is 0 Å². The molecule has 0 N–H and O–H groups in total. The van der Waals surface area contributed by atoms with Crippen LogP contribution in [0.4, 0.5) is 13.2 Å². The van der Waals surface area contributed by atoms with Gasteiger partial charge in [0, 0.05) is 36.9 Å². The Kier molecular flexibility index (Phi) is 6.13. The summed E-state index contributed by atoms with van der Waals surface area (Å²) in [6.07, 6.45) is 5.74. The maximum atomic E-state index is 13.1. The molecule has 6 nitrogen and oxygen atoms in total. The van der Waals surface area contributed by atoms with Gasteiger partial charge in [-0.3, -0.25) is 0 Å². The Balaban J connectivity index is 1.52. The van der Waals surface area contributed by atoms with Crippen molar-refractivity contribution >= 4 is 21.8 Å². The highest BCUT2D eigenvalue weighted by Crippen LogP contribution is 2.37. The molecule has 0 amide bonds. The molecule has 1 aromatic heterocycles. The summed E-state index contributed by atoms with van der Waals surface area (Å²) in [5, 5.41) is 8.71. The molecule has 0 saturated carbocycles. The molecule has 1 saturated heterocycles. The van der Waals surface area contributed by atoms with Gasteiger partial charge in [0.2, 0.25) is 10.0 Å². The fraction of sp³-hybridized carbons (Fsp3) is 0.579. The van der Waals surface area contributed by atoms with Crippen LogP contribution in [0.15, 0.2) is 34.1 Å². The Morgan fingerprint density at radius 3 is 2.50 bits per heavy atom. The normalized spacial score (nSPS) is 21.2. The van der Waals surface area contributed by atoms with Gasteiger partial charge in [0.15, 0.2) is 0 Å². The lowest BCUT2D eigenvalue weighted by molar-refractivity contribution is -0.0328. The van der Waals surface area contributed by atoms with Gasteiger partial charge in [0.1, 0.15) is 11.6 Å². The maximum Gasteiger partial charge on any atom is 0.446 e. The van der Waals surface area contributed by atoms with Crippen molar-refractivity contribution < 1.29 is 21.6 Å². The van der Waals surface area contributed by atoms with Crippen LogP contribution in [-0.2, 0) is 23.0 Å². The molecule has 1 aromatic carbocycles. The summed E-state index contributed by atoms with van der Waals surface area (Å²) in [4.78, 5) is -0.0288. The van der Waals surface area contributed by atoms with Crippen molar-refractivity contribution in [1.82, 2.24) is 19.1 Å². The van der Waals surface area contributed by atoms with Gasteiger partial charge in [-0.05, 0) is 61.7 Å². The van der Waals surface area contributed by atoms with Crippen LogP contribution in [0.2, 0.25) is 0 Å². The van der Waals surface area contributed by atoms with E-state index in [4.69, 9.17) is 0 Å². The summed E-state index contributed by atoms with van der Waals surface area (Å²) < 4.78 is 67.3. The largest absolute Gasteiger partial charge is 0.446 e. The number of thioether (sulfide) groups is 1. The van der Waals surface area contributed by atoms with E-state index < -0.39 is 15.5 Å². The first-order chi connectivity index (χ1) is 14.2. The first-order valence-electron chi connectivity index (χ1n) is 10.0. The zero-order valence-corrected chi connectivity index (χ0v) is 17.9. The lowest BCUT2D eigenvalue weighted by Crippen LogP contribution is -2.39. The molecule has 30 heavy (non-hydrogen) atoms. The minimum absolute atomic E-state index is 0.00902. The van der Waals surface area contributed by atoms with E-state index in [9.17, 15) is 21.6 Å². The number of aromatic nitrogens is 3. The number of hydrogen-bond donors (Lipinski definition) is 0. The van der Waals surface area contributed by atoms with Crippen LogP contribution < -0.4 is 0 Å². The first-order valence-corrected chi connectivity index (χ1v) is 12.3. The number of sulfonamides is 1. The highest BCUT2D eigenvalue weighted by Gasteiger charge is 2.34. The Morgan fingerprint density at radius 1 is 1.00 bits per heavy atom. The predicted octanol–water partition coefficient (Wildman–Crippen LogP) is 4.18. The lowest BCUT2D eigenvalue weighted by atomic mass is 9.99. The zero-order chi connectivity index (χ0) is 21.4. The fourth-order valence-electron chi connectivity index (χ4n) is 4.14. The number of fused-ring (bicyclic) bond motifs is 1. The molecule has 1 fully saturated rings. The number of aryl methyl sites for hydroxylation is 1. The van der Waals surface area contributed by atoms with Gasteiger partial charge in [0.25, 0.3) is 0 Å². The minimum Gasteiger partial charge on any atom is -0.315 e. The fourth-order valence-corrected chi connectivity index (χ4v) is 6.21. The summed E-state index contributed by atoms with van der Waals surface area (Å²) in [5.41, 5.74) is -4.41. The first kappa shape index (κ1) is 21.6. The highest BCUT2D eigenvalue weighted by atomic mass is 32.2. The second-order valence-electron chi connectivity index (χ2n) is 7.66. The number of halogens is 3. The SMILES string of the molecule is O=S(=O)(c1ccc(SC(F)(F)F)cc1)N1CCC[C@H](c2nnc3n2CCCCC3)C1. The van der Waals surface area contributed by atoms with Crippen LogP contribution in [0, 0.1) is 0 Å². The standard InChI is InChI=1S/C19H23F3N4O2S2/c20-19(21,22)29-15-7-9-16(10-8-15)30(27,28)25-11-4-5-14(13-25)18-24-23-17-6-2-1-3-12-26(17)18/h7-10,14H,1-6,11-13H2/t14-/m0/s1. The minimum atomic E-state index is -4.41. The van der Waals surface area contributed by atoms with E-state index in [1.807, 2.05) is 0 Å². The molecule has 0 aliphatic carbocycles. The number of nitrogens with zero attached hydrogens (tertiary/aromatic N) is 4. The van der Waals surface area contributed by atoms with Crippen molar-refractivity contribution in [2.75, 3.05) is 13.1 Å². The molecule has 3 heterocycles. The molecule has 11 heteroatoms. The predicted molar refractivity (Wildman–Crippen MR) is 107 cm³/mol. The topological polar surface area (TPSA) is 68.1 Å². The van der Waals surface area contributed by atoms with Crippen LogP contribution in [0.3, 0.4) is 0 Å². The van der Waals surface area contributed by atoms with Crippen molar-refractivity contribution in [2.24, 2.45) is 0 Å². The van der Waals surface area contributed by atoms with Crippen LogP contribution in [0.25, 0.3) is 0 Å². The molecule has 2 aromatic rings. The van der Waals surface area contributed by atoms with E-state index in [0.29, 0.717) is 19.5 Å². The summed E-state index contributed by atoms with van der Waals surface area (Å²) in [5.74, 6) is 1.79. The Labute approximate surface area is 177 Å². The highest BCUT2D eigenvalue weighted by molar-refractivity contribution is 8.00. The van der Waals surface area contributed by atoms with Gasteiger partial charge in [0.05, 0.1) is 4.90 Å². The Morgan fingerprint density at radius 2 is 1.77 bits per heavy atom. The van der Waals surface area contributed by atoms with E-state index in [-0.39, 0.29) is 27.5 Å². The molecule has 0 radical (unpaired) electrons. The third kappa shape index (κ3) is 4.67. The van der Waals surface area contributed by atoms with Crippen molar-refractivity contribution in [2.45, 2.75) is 66.3 Å². The van der Waals surface area contributed by atoms with Gasteiger partial charge in [-0.1, -0.05) is 6.42 Å². The average molecular weight is 461 g/mol. The van der Waals surface area contributed by atoms with Gasteiger partial charge in [-0.25, -0.2) is 8.42 Å². The van der Waals surface area contributed by atoms with E-state index >= 15 is 0 Å². The maximum absolute atomic E-state index is 13.1. The smallest absolute Gasteiger partial charge is 0.315 e. The summed E-state index contributed by atoms with van der Waals surface area (Å²) in [6.45, 7) is 1.55. The van der Waals surface area contributed by atoms with E-state index in [1.165, 1.54) is 28.6 Å². The number of rotatable bonds is 4. The van der Waals surface area contributed by atoms with Crippen molar-refractivity contribution in [3.63, 3.8) is 0 Å². The summed E-state index contributed by atoms with van der Waals surface area (Å²) in [7, 11) is -3.79. The van der Waals surface area contributed by atoms with Gasteiger partial charge in [-0.15, -0.1) is 10.2 Å². The molecule has 164 valence electrons. The lowest BCUT2D eigenvalue weighted by Gasteiger charge is -2.31. The number of alkyl halides is 3.